The highest BCUT2D eigenvalue weighted by Gasteiger charge is 2.25. The van der Waals surface area contributed by atoms with Gasteiger partial charge in [0.2, 0.25) is 0 Å². The maximum atomic E-state index is 13.4. The largest absolute Gasteiger partial charge is 0.481 e. The monoisotopic (exact) mass is 571 g/mol. The van der Waals surface area contributed by atoms with Crippen molar-refractivity contribution in [2.45, 2.75) is 44.4 Å². The van der Waals surface area contributed by atoms with E-state index in [9.17, 15) is 9.59 Å². The van der Waals surface area contributed by atoms with E-state index in [4.69, 9.17) is 15.1 Å². The Morgan fingerprint density at radius 1 is 0.895 bits per heavy atom. The zero-order valence-corrected chi connectivity index (χ0v) is 22.7. The molecule has 2 heterocycles. The number of hydrogen-bond acceptors (Lipinski definition) is 4. The molecule has 1 aliphatic heterocycles. The molecule has 0 saturated carbocycles. The van der Waals surface area contributed by atoms with Crippen LogP contribution < -0.4 is 0 Å². The van der Waals surface area contributed by atoms with Gasteiger partial charge in [-0.25, -0.2) is 9.97 Å². The van der Waals surface area contributed by atoms with Crippen molar-refractivity contribution < 1.29 is 14.7 Å². The zero-order chi connectivity index (χ0) is 26.5. The minimum absolute atomic E-state index is 0.0280. The van der Waals surface area contributed by atoms with Gasteiger partial charge in [0.15, 0.2) is 0 Å². The van der Waals surface area contributed by atoms with Gasteiger partial charge < -0.3 is 10.0 Å². The Bertz CT molecular complexity index is 1430. The lowest BCUT2D eigenvalue weighted by atomic mass is 9.89. The number of carbonyl (C=O) groups is 2. The number of carbonyl (C=O) groups excluding carboxylic acids is 1. The van der Waals surface area contributed by atoms with Gasteiger partial charge in [0.1, 0.15) is 0 Å². The van der Waals surface area contributed by atoms with Gasteiger partial charge >= 0.3 is 5.97 Å². The average molecular weight is 573 g/mol. The fraction of sp³-hybridized carbons (Fsp3) is 0.290. The molecule has 4 aromatic rings. The minimum Gasteiger partial charge on any atom is -0.481 e. The average Bonchev–Trinajstić information content (AvgIpc) is 2.95. The van der Waals surface area contributed by atoms with Gasteiger partial charge in [-0.05, 0) is 73.9 Å². The molecule has 0 bridgehead atoms. The Morgan fingerprint density at radius 3 is 2.34 bits per heavy atom. The third-order valence-electron chi connectivity index (χ3n) is 7.21. The number of aromatic nitrogens is 2. The molecule has 1 saturated heterocycles. The van der Waals surface area contributed by atoms with E-state index in [0.717, 1.165) is 52.9 Å². The van der Waals surface area contributed by atoms with Crippen LogP contribution in [0, 0.1) is 0 Å². The number of fused-ring (bicyclic) bond motifs is 1. The Labute approximate surface area is 230 Å². The molecule has 1 amide bonds. The number of amides is 1. The molecule has 1 N–H and O–H groups in total. The van der Waals surface area contributed by atoms with Crippen LogP contribution in [0.15, 0.2) is 77.3 Å². The summed E-state index contributed by atoms with van der Waals surface area (Å²) in [7, 11) is 0. The van der Waals surface area contributed by atoms with Crippen molar-refractivity contribution in [3.63, 3.8) is 0 Å². The number of aryl methyl sites for hydroxylation is 1. The summed E-state index contributed by atoms with van der Waals surface area (Å²) >= 11 is 3.48. The van der Waals surface area contributed by atoms with Crippen LogP contribution in [0.5, 0.6) is 0 Å². The second kappa shape index (κ2) is 11.9. The standard InChI is InChI=1S/C31H30BrN3O3/c32-25-13-10-23(11-14-25)30-27(8-4-5-9-29(36)37)33-28-20-24(12-15-26(28)34-30)31(38)35-18-16-22(17-19-35)21-6-2-1-3-7-21/h1-3,6-7,10-15,20,22H,4-5,8-9,16-19H2,(H,36,37). The van der Waals surface area contributed by atoms with Crippen LogP contribution in [0.2, 0.25) is 0 Å². The Kier molecular flexibility index (Phi) is 8.13. The number of carboxylic acids is 1. The highest BCUT2D eigenvalue weighted by atomic mass is 79.9. The molecule has 0 spiro atoms. The highest BCUT2D eigenvalue weighted by Crippen LogP contribution is 2.30. The van der Waals surface area contributed by atoms with Crippen LogP contribution in [0.1, 0.15) is 59.6 Å². The molecule has 1 aliphatic rings. The van der Waals surface area contributed by atoms with E-state index in [-0.39, 0.29) is 12.3 Å². The summed E-state index contributed by atoms with van der Waals surface area (Å²) in [5.41, 5.74) is 5.95. The van der Waals surface area contributed by atoms with Gasteiger partial charge in [0.05, 0.1) is 22.4 Å². The predicted molar refractivity (Wildman–Crippen MR) is 152 cm³/mol. The van der Waals surface area contributed by atoms with E-state index in [1.54, 1.807) is 0 Å². The molecular weight excluding hydrogens is 542 g/mol. The smallest absolute Gasteiger partial charge is 0.303 e. The summed E-state index contributed by atoms with van der Waals surface area (Å²) in [4.78, 5) is 36.1. The van der Waals surface area contributed by atoms with Gasteiger partial charge in [0.25, 0.3) is 5.91 Å². The molecule has 0 aliphatic carbocycles. The minimum atomic E-state index is -0.793. The van der Waals surface area contributed by atoms with Crippen molar-refractivity contribution >= 4 is 38.8 Å². The van der Waals surface area contributed by atoms with Crippen LogP contribution in [0.3, 0.4) is 0 Å². The van der Waals surface area contributed by atoms with Gasteiger partial charge in [-0.15, -0.1) is 0 Å². The third kappa shape index (κ3) is 6.10. The predicted octanol–water partition coefficient (Wildman–Crippen LogP) is 6.88. The Balaban J connectivity index is 1.37. The van der Waals surface area contributed by atoms with Crippen LogP contribution >= 0.6 is 15.9 Å². The van der Waals surface area contributed by atoms with Crippen molar-refractivity contribution in [3.05, 3.63) is 94.1 Å². The SMILES string of the molecule is O=C(O)CCCCc1nc2cc(C(=O)N3CCC(c4ccccc4)CC3)ccc2nc1-c1ccc(Br)cc1. The second-order valence-corrected chi connectivity index (χ2v) is 10.7. The lowest BCUT2D eigenvalue weighted by Crippen LogP contribution is -2.37. The zero-order valence-electron chi connectivity index (χ0n) is 21.1. The molecule has 1 fully saturated rings. The number of halogens is 1. The summed E-state index contributed by atoms with van der Waals surface area (Å²) in [5.74, 6) is -0.276. The van der Waals surface area contributed by atoms with E-state index < -0.39 is 5.97 Å². The van der Waals surface area contributed by atoms with Gasteiger partial charge in [-0.1, -0.05) is 58.4 Å². The van der Waals surface area contributed by atoms with Crippen molar-refractivity contribution in [1.82, 2.24) is 14.9 Å². The number of aliphatic carboxylic acids is 1. The number of rotatable bonds is 8. The number of piperidine rings is 1. The van der Waals surface area contributed by atoms with Crippen molar-refractivity contribution in [3.8, 4) is 11.3 Å². The van der Waals surface area contributed by atoms with Crippen LogP contribution in [-0.2, 0) is 11.2 Å². The molecule has 6 nitrogen and oxygen atoms in total. The van der Waals surface area contributed by atoms with E-state index >= 15 is 0 Å². The summed E-state index contributed by atoms with van der Waals surface area (Å²) in [6, 6.07) is 24.0. The van der Waals surface area contributed by atoms with E-state index in [1.165, 1.54) is 5.56 Å². The topological polar surface area (TPSA) is 83.4 Å². The number of carboxylic acid groups (broad SMARTS) is 1. The van der Waals surface area contributed by atoms with Crippen LogP contribution in [0.4, 0.5) is 0 Å². The second-order valence-electron chi connectivity index (χ2n) is 9.81. The Hall–Kier alpha value is -3.58. The molecule has 1 aromatic heterocycles. The molecule has 38 heavy (non-hydrogen) atoms. The molecular formula is C31H30BrN3O3. The molecule has 0 radical (unpaired) electrons. The lowest BCUT2D eigenvalue weighted by molar-refractivity contribution is -0.137. The normalized spacial score (nSPS) is 14.1. The Morgan fingerprint density at radius 2 is 1.63 bits per heavy atom. The third-order valence-corrected chi connectivity index (χ3v) is 7.74. The summed E-state index contributed by atoms with van der Waals surface area (Å²) < 4.78 is 0.981. The number of likely N-dealkylation sites (tertiary alicyclic amines) is 1. The van der Waals surface area contributed by atoms with Crippen molar-refractivity contribution in [2.24, 2.45) is 0 Å². The van der Waals surface area contributed by atoms with Gasteiger partial charge in [-0.3, -0.25) is 9.59 Å². The van der Waals surface area contributed by atoms with Crippen molar-refractivity contribution in [1.29, 1.82) is 0 Å². The maximum Gasteiger partial charge on any atom is 0.303 e. The van der Waals surface area contributed by atoms with Crippen LogP contribution in [0.25, 0.3) is 22.3 Å². The molecule has 194 valence electrons. The van der Waals surface area contributed by atoms with Crippen molar-refractivity contribution in [2.75, 3.05) is 13.1 Å². The number of unbranched alkanes of at least 4 members (excludes halogenated alkanes) is 1. The van der Waals surface area contributed by atoms with Crippen LogP contribution in [-0.4, -0.2) is 44.9 Å². The quantitative estimate of drug-likeness (QED) is 0.233. The molecule has 5 rings (SSSR count). The van der Waals surface area contributed by atoms with E-state index in [0.29, 0.717) is 36.3 Å². The first-order valence-corrected chi connectivity index (χ1v) is 13.9. The first kappa shape index (κ1) is 26.0. The molecule has 0 unspecified atom stereocenters. The van der Waals surface area contributed by atoms with Gasteiger partial charge in [-0.2, -0.15) is 0 Å². The first-order valence-electron chi connectivity index (χ1n) is 13.1. The van der Waals surface area contributed by atoms with E-state index in [1.807, 2.05) is 53.4 Å². The number of benzene rings is 3. The van der Waals surface area contributed by atoms with Gasteiger partial charge in [0, 0.05) is 35.1 Å². The summed E-state index contributed by atoms with van der Waals surface area (Å²) in [6.45, 7) is 1.47. The fourth-order valence-electron chi connectivity index (χ4n) is 5.13. The first-order chi connectivity index (χ1) is 18.5. The fourth-order valence-corrected chi connectivity index (χ4v) is 5.39. The number of hydrogen-bond donors (Lipinski definition) is 1. The number of nitrogens with zero attached hydrogens (tertiary/aromatic N) is 3. The highest BCUT2D eigenvalue weighted by molar-refractivity contribution is 9.10. The van der Waals surface area contributed by atoms with E-state index in [2.05, 4.69) is 40.2 Å². The summed E-state index contributed by atoms with van der Waals surface area (Å²) in [5, 5.41) is 9.00. The lowest BCUT2D eigenvalue weighted by Gasteiger charge is -2.32. The molecule has 7 heteroatoms. The molecule has 0 atom stereocenters. The summed E-state index contributed by atoms with van der Waals surface area (Å²) in [6.07, 6.45) is 3.94. The molecule has 3 aromatic carbocycles. The maximum absolute atomic E-state index is 13.4.